The molecule has 0 rings (SSSR count). The first-order valence-corrected chi connectivity index (χ1v) is 7.28. The molecule has 0 amide bonds. The first-order valence-electron chi connectivity index (χ1n) is 6.12. The Hall–Kier alpha value is 0.599. The molecule has 0 spiro atoms. The molecule has 0 unspecified atom stereocenters. The van der Waals surface area contributed by atoms with Crippen molar-refractivity contribution < 1.29 is 3.08 Å². The van der Waals surface area contributed by atoms with Crippen molar-refractivity contribution in [2.45, 2.75) is 78.1 Å². The normalized spacial score (nSPS) is 9.29. The third kappa shape index (κ3) is 18.4. The van der Waals surface area contributed by atoms with Crippen LogP contribution in [0.25, 0.3) is 0 Å². The molecule has 0 aliphatic heterocycles. The summed E-state index contributed by atoms with van der Waals surface area (Å²) < 4.78 is 8.34. The first kappa shape index (κ1) is 17.0. The first-order chi connectivity index (χ1) is 6.91. The summed E-state index contributed by atoms with van der Waals surface area (Å²) in [6.07, 6.45) is 14.4. The summed E-state index contributed by atoms with van der Waals surface area (Å²) in [6, 6.07) is 0. The average molecular weight is 305 g/mol. The molecule has 2 radical (unpaired) electrons. The molecule has 0 atom stereocenters. The van der Waals surface area contributed by atoms with Gasteiger partial charge in [0.1, 0.15) is 0 Å². The molecule has 2 heteroatoms. The van der Waals surface area contributed by atoms with E-state index in [1.807, 2.05) is 0 Å². The topological polar surface area (TPSA) is 17.1 Å². The molecule has 0 saturated carbocycles. The zero-order valence-corrected chi connectivity index (χ0v) is 12.8. The van der Waals surface area contributed by atoms with Crippen LogP contribution in [0.3, 0.4) is 0 Å². The van der Waals surface area contributed by atoms with Crippen LogP contribution in [0.15, 0.2) is 0 Å². The fourth-order valence-corrected chi connectivity index (χ4v) is 1.56. The molecule has 0 fully saturated rings. The monoisotopic (exact) mass is 306 g/mol. The van der Waals surface area contributed by atoms with Gasteiger partial charge < -0.3 is 0 Å². The molecular formula is C12H26OSn. The van der Waals surface area contributed by atoms with Gasteiger partial charge in [-0.3, -0.25) is 0 Å². The van der Waals surface area contributed by atoms with Crippen molar-refractivity contribution in [2.24, 2.45) is 0 Å². The summed E-state index contributed by atoms with van der Waals surface area (Å²) >= 11 is 0.300. The third-order valence-corrected chi connectivity index (χ3v) is 2.46. The van der Waals surface area contributed by atoms with Crippen molar-refractivity contribution in [1.29, 1.82) is 0 Å². The van der Waals surface area contributed by atoms with E-state index in [1.54, 1.807) is 0 Å². The number of unbranched alkanes of at least 4 members (excludes halogenated alkanes) is 9. The van der Waals surface area contributed by atoms with Gasteiger partial charge in [-0.25, -0.2) is 0 Å². The zero-order valence-electron chi connectivity index (χ0n) is 9.98. The molecule has 0 aromatic heterocycles. The predicted octanol–water partition coefficient (Wildman–Crippen LogP) is 4.43. The maximum absolute atomic E-state index is 8.34. The summed E-state index contributed by atoms with van der Waals surface area (Å²) in [5.41, 5.74) is 0. The summed E-state index contributed by atoms with van der Waals surface area (Å²) in [5, 5.41) is 0. The van der Waals surface area contributed by atoms with Crippen LogP contribution in [0.5, 0.6) is 0 Å². The standard InChI is InChI=1S/C12H26.O.Sn/c1-3-5-7-9-11-12-10-8-6-4-2;;/h3-12H2,1-2H3;;. The van der Waals surface area contributed by atoms with E-state index in [-0.39, 0.29) is 0 Å². The summed E-state index contributed by atoms with van der Waals surface area (Å²) in [7, 11) is 0. The average Bonchev–Trinajstić information content (AvgIpc) is 2.25. The van der Waals surface area contributed by atoms with Crippen molar-refractivity contribution >= 4 is 22.5 Å². The van der Waals surface area contributed by atoms with Crippen LogP contribution in [0.1, 0.15) is 78.1 Å². The Labute approximate surface area is 104 Å². The van der Waals surface area contributed by atoms with Gasteiger partial charge in [0, 0.05) is 0 Å². The third-order valence-electron chi connectivity index (χ3n) is 2.46. The van der Waals surface area contributed by atoms with Gasteiger partial charge in [-0.1, -0.05) is 78.1 Å². The number of rotatable bonds is 9. The van der Waals surface area contributed by atoms with Gasteiger partial charge in [0.05, 0.1) is 0 Å². The molecule has 0 aromatic rings. The Balaban J connectivity index is 0. The van der Waals surface area contributed by atoms with Gasteiger partial charge in [0.25, 0.3) is 0 Å². The molecule has 0 aliphatic rings. The molecule has 1 nitrogen and oxygen atoms in total. The zero-order chi connectivity index (χ0) is 11.1. The molecule has 0 aromatic carbocycles. The summed E-state index contributed by atoms with van der Waals surface area (Å²) in [4.78, 5) is 0. The second-order valence-electron chi connectivity index (χ2n) is 3.83. The Morgan fingerprint density at radius 2 is 0.786 bits per heavy atom. The number of hydrogen-bond acceptors (Lipinski definition) is 1. The summed E-state index contributed by atoms with van der Waals surface area (Å²) in [5.74, 6) is 0. The second kappa shape index (κ2) is 19.2. The Kier molecular flexibility index (Phi) is 23.3. The van der Waals surface area contributed by atoms with Crippen molar-refractivity contribution in [1.82, 2.24) is 0 Å². The van der Waals surface area contributed by atoms with Gasteiger partial charge in [-0.05, 0) is 0 Å². The van der Waals surface area contributed by atoms with Crippen LogP contribution in [0, 0.1) is 0 Å². The van der Waals surface area contributed by atoms with Crippen molar-refractivity contribution in [2.75, 3.05) is 0 Å². The molecular weight excluding hydrogens is 279 g/mol. The van der Waals surface area contributed by atoms with Gasteiger partial charge in [-0.15, -0.1) is 0 Å². The van der Waals surface area contributed by atoms with Crippen LogP contribution in [0.4, 0.5) is 0 Å². The van der Waals surface area contributed by atoms with Crippen molar-refractivity contribution in [3.05, 3.63) is 0 Å². The second-order valence-corrected chi connectivity index (χ2v) is 3.83. The SMILES string of the molecule is CCCCCCCCCCCC.[O]=[Sn]. The van der Waals surface area contributed by atoms with E-state index >= 15 is 0 Å². The van der Waals surface area contributed by atoms with Crippen molar-refractivity contribution in [3.63, 3.8) is 0 Å². The predicted molar refractivity (Wildman–Crippen MR) is 64.0 cm³/mol. The fraction of sp³-hybridized carbons (Fsp3) is 1.00. The van der Waals surface area contributed by atoms with Gasteiger partial charge in [0.2, 0.25) is 0 Å². The van der Waals surface area contributed by atoms with Crippen molar-refractivity contribution in [3.8, 4) is 0 Å². The Bertz CT molecular complexity index is 76.4. The van der Waals surface area contributed by atoms with Crippen LogP contribution in [-0.2, 0) is 3.08 Å². The Morgan fingerprint density at radius 1 is 0.571 bits per heavy atom. The van der Waals surface area contributed by atoms with Gasteiger partial charge in [-0.2, -0.15) is 0 Å². The molecule has 84 valence electrons. The van der Waals surface area contributed by atoms with E-state index in [0.717, 1.165) is 0 Å². The Morgan fingerprint density at radius 3 is 1.00 bits per heavy atom. The van der Waals surface area contributed by atoms with E-state index in [1.165, 1.54) is 64.2 Å². The minimum atomic E-state index is 0.300. The van der Waals surface area contributed by atoms with Crippen LogP contribution in [-0.4, -0.2) is 22.5 Å². The minimum absolute atomic E-state index is 0.300. The van der Waals surface area contributed by atoms with E-state index in [9.17, 15) is 0 Å². The van der Waals surface area contributed by atoms with Crippen LogP contribution < -0.4 is 0 Å². The molecule has 0 aliphatic carbocycles. The molecule has 0 N–H and O–H groups in total. The molecule has 0 heterocycles. The van der Waals surface area contributed by atoms with E-state index in [4.69, 9.17) is 3.08 Å². The number of hydrogen-bond donors (Lipinski definition) is 0. The maximum atomic E-state index is 8.34. The van der Waals surface area contributed by atoms with E-state index in [2.05, 4.69) is 13.8 Å². The van der Waals surface area contributed by atoms with Crippen LogP contribution >= 0.6 is 0 Å². The summed E-state index contributed by atoms with van der Waals surface area (Å²) in [6.45, 7) is 4.56. The molecule has 0 saturated heterocycles. The quantitative estimate of drug-likeness (QED) is 0.455. The molecule has 0 bridgehead atoms. The van der Waals surface area contributed by atoms with E-state index in [0.29, 0.717) is 22.5 Å². The molecule has 14 heavy (non-hydrogen) atoms. The van der Waals surface area contributed by atoms with Gasteiger partial charge >= 0.3 is 25.6 Å². The van der Waals surface area contributed by atoms with Gasteiger partial charge in [0.15, 0.2) is 0 Å². The fourth-order valence-electron chi connectivity index (χ4n) is 1.56. The van der Waals surface area contributed by atoms with Crippen LogP contribution in [0.2, 0.25) is 0 Å². The van der Waals surface area contributed by atoms with E-state index < -0.39 is 0 Å².